The molecule has 4 aliphatic carbocycles. The Bertz CT molecular complexity index is 3830. The zero-order valence-corrected chi connectivity index (χ0v) is 54.4. The van der Waals surface area contributed by atoms with E-state index in [1.807, 2.05) is 25.7 Å². The number of nitrogens with zero attached hydrogens (tertiary/aromatic N) is 11. The molecule has 11 N–H and O–H groups in total. The van der Waals surface area contributed by atoms with Crippen LogP contribution in [0.1, 0.15) is 165 Å². The first-order chi connectivity index (χ1) is 45.5. The number of aryl methyl sites for hydroxylation is 3. The van der Waals surface area contributed by atoms with E-state index in [0.29, 0.717) is 73.6 Å². The van der Waals surface area contributed by atoms with Crippen LogP contribution in [0.25, 0.3) is 33.8 Å². The Morgan fingerprint density at radius 2 is 1.06 bits per heavy atom. The Morgan fingerprint density at radius 3 is 1.46 bits per heavy atom. The molecule has 6 aromatic rings. The van der Waals surface area contributed by atoms with E-state index in [1.54, 1.807) is 77.3 Å². The highest BCUT2D eigenvalue weighted by Gasteiger charge is 2.47. The van der Waals surface area contributed by atoms with Crippen LogP contribution in [0.2, 0.25) is 0 Å². The number of anilines is 3. The number of aliphatic hydroxyl groups is 1. The first-order valence-corrected chi connectivity index (χ1v) is 31.7. The van der Waals surface area contributed by atoms with Crippen molar-refractivity contribution in [1.29, 1.82) is 0 Å². The normalized spacial score (nSPS) is 21.2. The zero-order valence-electron chi connectivity index (χ0n) is 54.4. The van der Waals surface area contributed by atoms with Crippen LogP contribution in [0.15, 0.2) is 37.2 Å². The molecule has 3 saturated carbocycles. The Labute approximate surface area is 549 Å². The van der Waals surface area contributed by atoms with Crippen LogP contribution in [0.3, 0.4) is 0 Å². The molecular weight excluding hydrogens is 1260 g/mol. The molecule has 3 aliphatic heterocycles. The number of fused-ring (bicyclic) bond motifs is 4. The number of amides is 3. The van der Waals surface area contributed by atoms with Crippen molar-refractivity contribution in [3.63, 3.8) is 0 Å². The monoisotopic (exact) mass is 1340 g/mol. The quantitative estimate of drug-likeness (QED) is 0.0731. The van der Waals surface area contributed by atoms with Crippen molar-refractivity contribution in [2.75, 3.05) is 22.2 Å². The van der Waals surface area contributed by atoms with Crippen LogP contribution in [0, 0.1) is 17.5 Å². The van der Waals surface area contributed by atoms with E-state index in [2.05, 4.69) is 46.5 Å². The number of hydrogen-bond acceptors (Lipinski definition) is 21. The van der Waals surface area contributed by atoms with E-state index in [-0.39, 0.29) is 110 Å². The van der Waals surface area contributed by atoms with Gasteiger partial charge in [-0.1, -0.05) is 38.5 Å². The maximum absolute atomic E-state index is 15.8. The van der Waals surface area contributed by atoms with E-state index in [4.69, 9.17) is 46.1 Å². The minimum atomic E-state index is -2.16. The molecule has 1 saturated heterocycles. The SMILES string of the molecule is CC(O)(CC(=O)O)C(=O)O.Cn1cc(-c2nc(N3CN(C(=O)OC(C)(C)C)[C@H]4CCCC[C@H]43)c(F)c3c2C(=O)CC3)cn1.Cn1cc(-c2nc(N[C@@H]3CCCC[C@@H]3N)c(F)c3c2C(=O)NC3)cn1.Cn1cc(-c2nc(N[C@@H]3CCCC[C@@H]3N)c(F)c3c2C(=O)NC3)cn1.O=C=O. The summed E-state index contributed by atoms with van der Waals surface area (Å²) in [5.41, 5.74) is 15.1. The molecule has 6 aromatic heterocycles. The highest BCUT2D eigenvalue weighted by atomic mass is 19.1. The summed E-state index contributed by atoms with van der Waals surface area (Å²) in [6.45, 7) is 7.02. The largest absolute Gasteiger partial charge is 0.481 e. The molecule has 514 valence electrons. The number of aromatic nitrogens is 9. The number of hydrogen-bond donors (Lipinski definition) is 9. The second-order valence-corrected chi connectivity index (χ2v) is 26.0. The van der Waals surface area contributed by atoms with Crippen molar-refractivity contribution in [1.82, 2.24) is 59.8 Å². The molecule has 13 rings (SSSR count). The molecule has 0 bridgehead atoms. The lowest BCUT2D eigenvalue weighted by atomic mass is 9.90. The lowest BCUT2D eigenvalue weighted by Crippen LogP contribution is -2.44. The molecule has 96 heavy (non-hydrogen) atoms. The first kappa shape index (κ1) is 70.7. The number of nitrogens with one attached hydrogen (secondary N) is 4. The number of aliphatic carboxylic acids is 2. The molecule has 9 heterocycles. The van der Waals surface area contributed by atoms with E-state index >= 15 is 4.39 Å². The Balaban J connectivity index is 0.000000156. The summed E-state index contributed by atoms with van der Waals surface area (Å²) in [6, 6.07) is -0.160. The highest BCUT2D eigenvalue weighted by Crippen LogP contribution is 2.43. The minimum Gasteiger partial charge on any atom is -0.481 e. The van der Waals surface area contributed by atoms with Crippen molar-refractivity contribution in [2.24, 2.45) is 32.6 Å². The van der Waals surface area contributed by atoms with Crippen molar-refractivity contribution < 1.29 is 71.6 Å². The molecule has 29 nitrogen and oxygen atoms in total. The number of pyridine rings is 3. The van der Waals surface area contributed by atoms with E-state index in [9.17, 15) is 37.5 Å². The summed E-state index contributed by atoms with van der Waals surface area (Å²) < 4.78 is 56.3. The third kappa shape index (κ3) is 15.7. The smallest absolute Gasteiger partial charge is 0.412 e. The zero-order chi connectivity index (χ0) is 69.7. The van der Waals surface area contributed by atoms with Gasteiger partial charge < -0.3 is 57.7 Å². The van der Waals surface area contributed by atoms with Crippen LogP contribution < -0.4 is 37.6 Å². The predicted octanol–water partition coefficient (Wildman–Crippen LogP) is 5.88. The predicted molar refractivity (Wildman–Crippen MR) is 339 cm³/mol. The molecule has 7 atom stereocenters. The van der Waals surface area contributed by atoms with Crippen molar-refractivity contribution in [2.45, 2.75) is 185 Å². The fourth-order valence-corrected chi connectivity index (χ4v) is 13.0. The van der Waals surface area contributed by atoms with Crippen molar-refractivity contribution >= 4 is 59.2 Å². The molecule has 4 fully saturated rings. The van der Waals surface area contributed by atoms with E-state index in [1.165, 1.54) is 0 Å². The Kier molecular flexibility index (Phi) is 21.8. The third-order valence-corrected chi connectivity index (χ3v) is 17.7. The van der Waals surface area contributed by atoms with E-state index < -0.39 is 47.0 Å². The molecular formula is C64H80F3N17O12. The maximum atomic E-state index is 15.8. The summed E-state index contributed by atoms with van der Waals surface area (Å²) in [5, 5.41) is 49.3. The Hall–Kier alpha value is -9.65. The fourth-order valence-electron chi connectivity index (χ4n) is 13.0. The molecule has 3 amide bonds. The lowest BCUT2D eigenvalue weighted by molar-refractivity contribution is -0.191. The van der Waals surface area contributed by atoms with Gasteiger partial charge in [0.15, 0.2) is 46.3 Å². The first-order valence-electron chi connectivity index (χ1n) is 31.7. The van der Waals surface area contributed by atoms with Crippen molar-refractivity contribution in [3.05, 3.63) is 88.0 Å². The van der Waals surface area contributed by atoms with Gasteiger partial charge in [0.05, 0.1) is 77.5 Å². The molecule has 1 unspecified atom stereocenters. The summed E-state index contributed by atoms with van der Waals surface area (Å²) >= 11 is 0. The van der Waals surface area contributed by atoms with E-state index in [0.717, 1.165) is 84.0 Å². The minimum absolute atomic E-state index is 0.0133. The number of rotatable bonds is 11. The second-order valence-electron chi connectivity index (χ2n) is 26.0. The molecule has 0 radical (unpaired) electrons. The van der Waals surface area contributed by atoms with Crippen molar-refractivity contribution in [3.8, 4) is 33.8 Å². The molecule has 0 aromatic carbocycles. The van der Waals surface area contributed by atoms with Gasteiger partial charge >= 0.3 is 24.2 Å². The van der Waals surface area contributed by atoms with Crippen LogP contribution in [-0.4, -0.2) is 160 Å². The maximum Gasteiger partial charge on any atom is 0.412 e. The van der Waals surface area contributed by atoms with Gasteiger partial charge in [0.1, 0.15) is 5.60 Å². The summed E-state index contributed by atoms with van der Waals surface area (Å²) in [5.74, 6) is -4.42. The van der Waals surface area contributed by atoms with Gasteiger partial charge in [-0.25, -0.2) is 37.7 Å². The van der Waals surface area contributed by atoms with Gasteiger partial charge in [0.25, 0.3) is 11.8 Å². The van der Waals surface area contributed by atoms with Gasteiger partial charge in [-0.05, 0) is 72.6 Å². The number of carbonyl (C=O) groups is 6. The number of ether oxygens (including phenoxy) is 1. The molecule has 0 spiro atoms. The standard InChI is InChI=1S/C24H30FN5O3.2C17H21FN6O.C5H8O5.CO2/c1-24(2,3)33-23(32)30-13-29(16-7-5-6-8-17(16)30)22-20(25)15-9-10-18(31)19(15)21(27-22)14-11-26-28(4)12-14;2*1-24-8-9(6-21-24)15-13-10(7-20-17(13)25)14(18)16(23-15)22-12-5-3-2-4-11(12)19;1-5(10,4(8)9)2-3(6)7;2-1-3/h11-12,16-17H,5-10,13H2,1-4H3;2*6,8,11-12H,2-5,7,19H2,1H3,(H,20,25)(H,22,23);10H,2H2,1H3,(H,6,7)(H,8,9);/t16-,17+;2*11-,12+;;/m100../s1. The Morgan fingerprint density at radius 1 is 0.635 bits per heavy atom. The van der Waals surface area contributed by atoms with Crippen LogP contribution >= 0.6 is 0 Å². The van der Waals surface area contributed by atoms with Gasteiger partial charge in [-0.3, -0.25) is 38.1 Å². The fraction of sp³-hybridized carbons (Fsp3) is 0.516. The van der Waals surface area contributed by atoms with Gasteiger partial charge in [-0.15, -0.1) is 0 Å². The number of carboxylic acid groups (broad SMARTS) is 2. The number of halogens is 3. The van der Waals surface area contributed by atoms with Gasteiger partial charge in [0, 0.05) is 117 Å². The summed E-state index contributed by atoms with van der Waals surface area (Å²) in [4.78, 5) is 103. The van der Waals surface area contributed by atoms with Crippen LogP contribution in [-0.2, 0) is 64.6 Å². The summed E-state index contributed by atoms with van der Waals surface area (Å²) in [7, 11) is 5.36. The number of carboxylic acids is 2. The second kappa shape index (κ2) is 29.6. The average Bonchev–Trinajstić information content (AvgIpc) is 1.57. The van der Waals surface area contributed by atoms with Crippen LogP contribution in [0.5, 0.6) is 0 Å². The number of ketones is 1. The number of nitrogens with two attached hydrogens (primary N) is 2. The number of Topliss-reactive ketones (excluding diaryl/α,β-unsaturated/α-hetero) is 1. The van der Waals surface area contributed by atoms with Gasteiger partial charge in [-0.2, -0.15) is 24.9 Å². The lowest BCUT2D eigenvalue weighted by Gasteiger charge is -2.33. The molecule has 7 aliphatic rings. The third-order valence-electron chi connectivity index (χ3n) is 17.7. The highest BCUT2D eigenvalue weighted by molar-refractivity contribution is 6.06. The summed E-state index contributed by atoms with van der Waals surface area (Å²) in [6.07, 6.45) is 21.6. The van der Waals surface area contributed by atoms with Crippen LogP contribution in [0.4, 0.5) is 35.4 Å². The topological polar surface area (TPSA) is 405 Å². The molecule has 32 heteroatoms. The van der Waals surface area contributed by atoms with Gasteiger partial charge in [0.2, 0.25) is 0 Å². The average molecular weight is 1340 g/mol. The number of carbonyl (C=O) groups excluding carboxylic acids is 6.